The van der Waals surface area contributed by atoms with Crippen LogP contribution in [0.2, 0.25) is 0 Å². The molecule has 5 aromatic rings. The molecule has 0 radical (unpaired) electrons. The molecule has 5 atom stereocenters. The minimum atomic E-state index is -0.852. The molecule has 0 spiro atoms. The number of allylic oxidation sites excluding steroid dienone is 2. The van der Waals surface area contributed by atoms with Crippen LogP contribution in [0.4, 0.5) is 5.82 Å². The van der Waals surface area contributed by atoms with E-state index in [1.54, 1.807) is 6.20 Å². The van der Waals surface area contributed by atoms with Crippen molar-refractivity contribution in [3.05, 3.63) is 88.2 Å². The van der Waals surface area contributed by atoms with E-state index in [1.807, 2.05) is 84.2 Å². The monoisotopic (exact) mass is 1100 g/mol. The minimum absolute atomic E-state index is 0.0203. The third kappa shape index (κ3) is 13.2. The summed E-state index contributed by atoms with van der Waals surface area (Å²) < 4.78 is 6.36. The van der Waals surface area contributed by atoms with Gasteiger partial charge in [-0.1, -0.05) is 82.0 Å². The summed E-state index contributed by atoms with van der Waals surface area (Å²) in [5.74, 6) is 2.74. The number of likely N-dealkylation sites (tertiary alicyclic amines) is 1. The number of ether oxygens (including phenoxy) is 1. The van der Waals surface area contributed by atoms with Crippen molar-refractivity contribution in [2.24, 2.45) is 10.4 Å². The van der Waals surface area contributed by atoms with Crippen molar-refractivity contribution >= 4 is 57.0 Å². The maximum Gasteiger partial charge on any atom is 0.319 e. The number of pyridine rings is 1. The Balaban J connectivity index is 0.660. The lowest BCUT2D eigenvalue weighted by Gasteiger charge is -2.35. The number of aromatic hydroxyl groups is 1. The molecule has 0 aliphatic carbocycles. The summed E-state index contributed by atoms with van der Waals surface area (Å²) in [5.41, 5.74) is 8.01. The molecule has 2 bridgehead atoms. The van der Waals surface area contributed by atoms with Crippen molar-refractivity contribution in [3.63, 3.8) is 0 Å². The third-order valence-electron chi connectivity index (χ3n) is 17.1. The van der Waals surface area contributed by atoms with E-state index in [4.69, 9.17) is 26.1 Å². The van der Waals surface area contributed by atoms with E-state index in [0.29, 0.717) is 54.7 Å². The van der Waals surface area contributed by atoms with E-state index in [1.165, 1.54) is 10.5 Å². The molecule has 4 saturated heterocycles. The van der Waals surface area contributed by atoms with Crippen LogP contribution in [0.15, 0.2) is 65.4 Å². The van der Waals surface area contributed by atoms with Crippen molar-refractivity contribution in [1.82, 2.24) is 45.6 Å². The summed E-state index contributed by atoms with van der Waals surface area (Å²) >= 11 is 0. The van der Waals surface area contributed by atoms with Gasteiger partial charge in [0.1, 0.15) is 29.1 Å². The fraction of sp³-hybridized carbons (Fsp3) is 0.516. The second kappa shape index (κ2) is 25.0. The van der Waals surface area contributed by atoms with E-state index in [-0.39, 0.29) is 42.4 Å². The summed E-state index contributed by atoms with van der Waals surface area (Å²) in [6, 6.07) is 15.6. The predicted octanol–water partition coefficient (Wildman–Crippen LogP) is 7.44. The number of terminal acetylenes is 1. The van der Waals surface area contributed by atoms with Crippen LogP contribution in [0.25, 0.3) is 38.5 Å². The first-order valence-electron chi connectivity index (χ1n) is 29.4. The second-order valence-electron chi connectivity index (χ2n) is 24.2. The number of rotatable bonds is 20. The van der Waals surface area contributed by atoms with Gasteiger partial charge < -0.3 is 50.5 Å². The number of carbonyl (C=O) groups excluding carboxylic acids is 3. The van der Waals surface area contributed by atoms with Crippen LogP contribution >= 0.6 is 0 Å². The SMILES string of the molecule is C#Cc1c(C)ccc2cc(C)cc(-c3ncc4c(N5CC6CCC(C5)N6)nc(OCCCN5CCN(CCCCCCC(=O)N[C@H](C(=O)N6C[C@H](O)C[C@H]6C(=O)NCc6ccc(C7=C(C)N=CC7)cc6)C(C)(C)C)CC5)nc4c3O)c12. The van der Waals surface area contributed by atoms with Gasteiger partial charge in [0.2, 0.25) is 17.7 Å². The Hall–Kier alpha value is -6.97. The van der Waals surface area contributed by atoms with Crippen molar-refractivity contribution in [3.8, 4) is 35.4 Å². The Labute approximate surface area is 477 Å². The number of aryl methyl sites for hydroxylation is 2. The van der Waals surface area contributed by atoms with Gasteiger partial charge in [0.15, 0.2) is 5.75 Å². The predicted molar refractivity (Wildman–Crippen MR) is 319 cm³/mol. The van der Waals surface area contributed by atoms with Gasteiger partial charge in [-0.25, -0.2) is 0 Å². The number of aliphatic hydroxyl groups excluding tert-OH is 1. The largest absolute Gasteiger partial charge is 0.504 e. The highest BCUT2D eigenvalue weighted by Gasteiger charge is 2.44. The first kappa shape index (κ1) is 57.3. The molecule has 5 aliphatic heterocycles. The molecule has 5 aliphatic rings. The number of aliphatic hydroxyl groups is 1. The number of β-amino-alcohol motifs (C(OH)–C–C–N with tert-alkyl or cyclic N) is 1. The van der Waals surface area contributed by atoms with Crippen LogP contribution in [0.1, 0.15) is 120 Å². The summed E-state index contributed by atoms with van der Waals surface area (Å²) in [6.07, 6.45) is 16.9. The quantitative estimate of drug-likeness (QED) is 0.0381. The number of piperazine rings is 2. The molecule has 3 aromatic carbocycles. The number of amides is 3. The lowest BCUT2D eigenvalue weighted by Crippen LogP contribution is -2.57. The molecule has 2 aromatic heterocycles. The van der Waals surface area contributed by atoms with Gasteiger partial charge in [-0.3, -0.25) is 24.4 Å². The number of carbonyl (C=O) groups is 3. The number of aromatic nitrogens is 3. The average Bonchev–Trinajstić information content (AvgIpc) is 4.15. The highest BCUT2D eigenvalue weighted by Crippen LogP contribution is 2.42. The van der Waals surface area contributed by atoms with Crippen LogP contribution < -0.4 is 25.6 Å². The van der Waals surface area contributed by atoms with Crippen molar-refractivity contribution in [1.29, 1.82) is 0 Å². The van der Waals surface area contributed by atoms with Crippen LogP contribution in [0.5, 0.6) is 11.8 Å². The second-order valence-corrected chi connectivity index (χ2v) is 24.2. The molecule has 0 saturated carbocycles. The Morgan fingerprint density at radius 2 is 1.62 bits per heavy atom. The van der Waals surface area contributed by atoms with Gasteiger partial charge in [0.25, 0.3) is 0 Å². The zero-order valence-electron chi connectivity index (χ0n) is 48.2. The van der Waals surface area contributed by atoms with E-state index >= 15 is 0 Å². The van der Waals surface area contributed by atoms with Crippen molar-refractivity contribution in [2.45, 2.75) is 143 Å². The lowest BCUT2D eigenvalue weighted by atomic mass is 9.85. The molecule has 5 N–H and O–H groups in total. The minimum Gasteiger partial charge on any atom is -0.504 e. The van der Waals surface area contributed by atoms with E-state index in [2.05, 4.69) is 53.7 Å². The standard InChI is InChI=1S/C64H81N11O6/c1-8-49-41(3)15-18-45-32-40(2)33-51(55(45)49)56-58(78)57-52(36-66-56)60(74-37-46-21-22-47(38-74)68-46)71-63(70-57)81-31-13-26-73-29-27-72(28-30-73)25-12-10-9-11-14-54(77)69-59(64(5,6)7)62(80)75-39-48(76)34-53(75)61(79)67-35-43-16-19-44(20-17-43)50-23-24-65-42(50)4/h1,15-20,24,32-33,36,46-48,53,59,68,76,78H,9-14,21-23,25-31,34-35,37-39H2,2-7H3,(H,67,79)(H,69,77)/t46?,47?,48-,53+,59-/m1/s1. The summed E-state index contributed by atoms with van der Waals surface area (Å²) in [5, 5.41) is 35.1. The molecule has 428 valence electrons. The summed E-state index contributed by atoms with van der Waals surface area (Å²) in [4.78, 5) is 68.9. The third-order valence-corrected chi connectivity index (χ3v) is 17.1. The van der Waals surface area contributed by atoms with Crippen LogP contribution in [-0.4, -0.2) is 160 Å². The smallest absolute Gasteiger partial charge is 0.319 e. The molecular formula is C64H81N11O6. The van der Waals surface area contributed by atoms with E-state index < -0.39 is 23.6 Å². The van der Waals surface area contributed by atoms with Gasteiger partial charge in [0, 0.05) is 125 Å². The Morgan fingerprint density at radius 1 is 0.901 bits per heavy atom. The average molecular weight is 1100 g/mol. The lowest BCUT2D eigenvalue weighted by molar-refractivity contribution is -0.144. The molecule has 17 nitrogen and oxygen atoms in total. The maximum atomic E-state index is 14.1. The van der Waals surface area contributed by atoms with Crippen LogP contribution in [-0.2, 0) is 20.9 Å². The van der Waals surface area contributed by atoms with E-state index in [0.717, 1.165) is 153 Å². The number of hydrogen-bond donors (Lipinski definition) is 5. The fourth-order valence-electron chi connectivity index (χ4n) is 12.6. The molecule has 3 amide bonds. The molecular weight excluding hydrogens is 1020 g/mol. The highest BCUT2D eigenvalue weighted by molar-refractivity contribution is 6.05. The number of anilines is 1. The van der Waals surface area contributed by atoms with Gasteiger partial charge in [-0.05, 0) is 104 Å². The Morgan fingerprint density at radius 3 is 2.31 bits per heavy atom. The molecule has 17 heteroatoms. The summed E-state index contributed by atoms with van der Waals surface area (Å²) in [7, 11) is 0. The van der Waals surface area contributed by atoms with Gasteiger partial charge >= 0.3 is 6.01 Å². The molecule has 7 heterocycles. The van der Waals surface area contributed by atoms with Gasteiger partial charge in [0.05, 0.1) is 18.1 Å². The van der Waals surface area contributed by atoms with Crippen LogP contribution in [0.3, 0.4) is 0 Å². The maximum absolute atomic E-state index is 14.1. The van der Waals surface area contributed by atoms with Gasteiger partial charge in [-0.15, -0.1) is 6.42 Å². The number of nitrogens with one attached hydrogen (secondary N) is 3. The number of nitrogens with zero attached hydrogens (tertiary/aromatic N) is 8. The Bertz CT molecular complexity index is 3240. The highest BCUT2D eigenvalue weighted by atomic mass is 16.5. The molecule has 10 rings (SSSR count). The van der Waals surface area contributed by atoms with Gasteiger partial charge in [-0.2, -0.15) is 9.97 Å². The number of hydrogen-bond acceptors (Lipinski definition) is 14. The number of benzene rings is 3. The van der Waals surface area contributed by atoms with E-state index in [9.17, 15) is 24.6 Å². The zero-order chi connectivity index (χ0) is 57.0. The number of aliphatic imine (C=N–C) groups is 1. The number of unbranched alkanes of at least 4 members (excludes halogenated alkanes) is 3. The fourth-order valence-corrected chi connectivity index (χ4v) is 12.6. The number of fused-ring (bicyclic) bond motifs is 4. The molecule has 81 heavy (non-hydrogen) atoms. The van der Waals surface area contributed by atoms with Crippen LogP contribution in [0, 0.1) is 31.6 Å². The molecule has 4 fully saturated rings. The first-order chi connectivity index (χ1) is 39.0. The topological polar surface area (TPSA) is 201 Å². The summed E-state index contributed by atoms with van der Waals surface area (Å²) in [6.45, 7) is 19.9. The molecule has 2 unspecified atom stereocenters. The van der Waals surface area contributed by atoms with Crippen molar-refractivity contribution < 1.29 is 29.3 Å². The zero-order valence-corrected chi connectivity index (χ0v) is 48.2. The Kier molecular flexibility index (Phi) is 17.7. The first-order valence-corrected chi connectivity index (χ1v) is 29.4. The normalized spacial score (nSPS) is 20.8. The van der Waals surface area contributed by atoms with Crippen molar-refractivity contribution in [2.75, 3.05) is 70.4 Å².